The Bertz CT molecular complexity index is 1060. The topological polar surface area (TPSA) is 60.4 Å². The van der Waals surface area contributed by atoms with Crippen LogP contribution in [0.3, 0.4) is 0 Å². The van der Waals surface area contributed by atoms with Crippen LogP contribution < -0.4 is 0 Å². The molecule has 0 aliphatic carbocycles. The lowest BCUT2D eigenvalue weighted by Crippen LogP contribution is -2.20. The lowest BCUT2D eigenvalue weighted by atomic mass is 10.1. The van der Waals surface area contributed by atoms with Gasteiger partial charge in [-0.2, -0.15) is 0 Å². The molecule has 0 amide bonds. The number of carbonyl (C=O) groups excluding carboxylic acids is 1. The summed E-state index contributed by atoms with van der Waals surface area (Å²) in [5.74, 6) is -0.483. The maximum atomic E-state index is 12.5. The number of carbonyl (C=O) groups is 1. The van der Waals surface area contributed by atoms with E-state index in [0.29, 0.717) is 23.3 Å². The van der Waals surface area contributed by atoms with Crippen LogP contribution in [0.5, 0.6) is 0 Å². The Morgan fingerprint density at radius 2 is 1.37 bits per heavy atom. The van der Waals surface area contributed by atoms with Crippen LogP contribution in [-0.4, -0.2) is 26.2 Å². The van der Waals surface area contributed by atoms with Gasteiger partial charge in [-0.1, -0.05) is 78.9 Å². The molecule has 0 bridgehead atoms. The number of rotatable bonds is 9. The van der Waals surface area contributed by atoms with Crippen molar-refractivity contribution >= 4 is 15.8 Å². The molecule has 0 aromatic heterocycles. The first-order valence-electron chi connectivity index (χ1n) is 9.77. The predicted molar refractivity (Wildman–Crippen MR) is 118 cm³/mol. The van der Waals surface area contributed by atoms with Gasteiger partial charge in [0, 0.05) is 12.8 Å². The van der Waals surface area contributed by atoms with Crippen molar-refractivity contribution in [2.45, 2.75) is 23.8 Å². The fraction of sp³-hybridized carbons (Fsp3) is 0.160. The number of hydrogen-bond acceptors (Lipinski definition) is 4. The van der Waals surface area contributed by atoms with Gasteiger partial charge in [-0.3, -0.25) is 0 Å². The molecule has 0 saturated carbocycles. The van der Waals surface area contributed by atoms with Gasteiger partial charge in [-0.25, -0.2) is 13.2 Å². The highest BCUT2D eigenvalue weighted by atomic mass is 32.2. The Morgan fingerprint density at radius 1 is 0.800 bits per heavy atom. The molecule has 5 heteroatoms. The molecule has 0 aliphatic rings. The lowest BCUT2D eigenvalue weighted by molar-refractivity contribution is 0.0309. The van der Waals surface area contributed by atoms with Crippen molar-refractivity contribution in [2.24, 2.45) is 0 Å². The fourth-order valence-electron chi connectivity index (χ4n) is 3.01. The van der Waals surface area contributed by atoms with Crippen LogP contribution in [0.25, 0.3) is 0 Å². The first-order valence-corrected chi connectivity index (χ1v) is 11.4. The minimum absolute atomic E-state index is 0.0955. The van der Waals surface area contributed by atoms with E-state index in [1.807, 2.05) is 36.4 Å². The Balaban J connectivity index is 1.66. The number of hydrogen-bond donors (Lipinski definition) is 0. The molecule has 30 heavy (non-hydrogen) atoms. The van der Waals surface area contributed by atoms with E-state index in [9.17, 15) is 13.2 Å². The van der Waals surface area contributed by atoms with E-state index in [0.717, 1.165) is 5.56 Å². The molecule has 0 heterocycles. The van der Waals surface area contributed by atoms with Crippen molar-refractivity contribution in [1.82, 2.24) is 0 Å². The smallest absolute Gasteiger partial charge is 0.338 e. The molecule has 0 fully saturated rings. The van der Waals surface area contributed by atoms with Crippen molar-refractivity contribution in [3.63, 3.8) is 0 Å². The average molecular weight is 421 g/mol. The highest BCUT2D eigenvalue weighted by molar-refractivity contribution is 7.91. The van der Waals surface area contributed by atoms with E-state index >= 15 is 0 Å². The molecule has 0 N–H and O–H groups in total. The first-order chi connectivity index (χ1) is 14.5. The second-order valence-electron chi connectivity index (χ2n) is 6.88. The second kappa shape index (κ2) is 10.6. The largest absolute Gasteiger partial charge is 0.458 e. The maximum absolute atomic E-state index is 12.5. The van der Waals surface area contributed by atoms with Crippen molar-refractivity contribution in [3.05, 3.63) is 114 Å². The summed E-state index contributed by atoms with van der Waals surface area (Å²) in [6.07, 6.45) is 3.98. The molecule has 3 aromatic rings. The predicted octanol–water partition coefficient (Wildman–Crippen LogP) is 4.87. The Morgan fingerprint density at radius 3 is 2.00 bits per heavy atom. The minimum Gasteiger partial charge on any atom is -0.458 e. The highest BCUT2D eigenvalue weighted by Gasteiger charge is 2.16. The zero-order valence-corrected chi connectivity index (χ0v) is 17.4. The summed E-state index contributed by atoms with van der Waals surface area (Å²) in [7, 11) is -3.38. The molecule has 1 atom stereocenters. The third-order valence-corrected chi connectivity index (χ3v) is 6.19. The summed E-state index contributed by atoms with van der Waals surface area (Å²) in [6.45, 7) is 0. The molecular formula is C25H24O4S. The van der Waals surface area contributed by atoms with Crippen molar-refractivity contribution < 1.29 is 17.9 Å². The van der Waals surface area contributed by atoms with Crippen molar-refractivity contribution in [2.75, 3.05) is 5.75 Å². The quantitative estimate of drug-likeness (QED) is 0.366. The number of ether oxygens (including phenoxy) is 1. The second-order valence-corrected chi connectivity index (χ2v) is 8.92. The van der Waals surface area contributed by atoms with Gasteiger partial charge in [0.05, 0.1) is 16.2 Å². The molecule has 3 rings (SSSR count). The number of benzene rings is 3. The van der Waals surface area contributed by atoms with Crippen LogP contribution in [0.1, 0.15) is 22.3 Å². The third kappa shape index (κ3) is 6.42. The van der Waals surface area contributed by atoms with Crippen LogP contribution in [0.15, 0.2) is 108 Å². The summed E-state index contributed by atoms with van der Waals surface area (Å²) in [5.41, 5.74) is 1.54. The molecule has 1 unspecified atom stereocenters. The van der Waals surface area contributed by atoms with E-state index in [-0.39, 0.29) is 11.7 Å². The van der Waals surface area contributed by atoms with Gasteiger partial charge >= 0.3 is 5.97 Å². The highest BCUT2D eigenvalue weighted by Crippen LogP contribution is 2.14. The molecule has 154 valence electrons. The number of sulfone groups is 1. The van der Waals surface area contributed by atoms with Gasteiger partial charge in [-0.05, 0) is 29.8 Å². The first kappa shape index (κ1) is 21.5. The van der Waals surface area contributed by atoms with Crippen LogP contribution >= 0.6 is 0 Å². The van der Waals surface area contributed by atoms with Gasteiger partial charge < -0.3 is 4.74 Å². The van der Waals surface area contributed by atoms with Gasteiger partial charge in [-0.15, -0.1) is 0 Å². The Kier molecular flexibility index (Phi) is 7.57. The molecular weight excluding hydrogens is 396 g/mol. The van der Waals surface area contributed by atoms with Crippen LogP contribution in [0.2, 0.25) is 0 Å². The van der Waals surface area contributed by atoms with E-state index in [1.165, 1.54) is 0 Å². The van der Waals surface area contributed by atoms with Gasteiger partial charge in [0.1, 0.15) is 6.10 Å². The monoisotopic (exact) mass is 420 g/mol. The zero-order chi connectivity index (χ0) is 21.2. The van der Waals surface area contributed by atoms with Crippen molar-refractivity contribution in [3.8, 4) is 0 Å². The van der Waals surface area contributed by atoms with Crippen molar-refractivity contribution in [1.29, 1.82) is 0 Å². The summed E-state index contributed by atoms with van der Waals surface area (Å²) in [6, 6.07) is 27.0. The van der Waals surface area contributed by atoms with Crippen LogP contribution in [-0.2, 0) is 21.0 Å². The standard InChI is InChI=1S/C25H24O4S/c26-25(22-14-6-2-7-15-22)29-23(20-21-12-4-1-5-13-21)16-10-11-19-30(27,28)24-17-8-3-9-18-24/h1-15,17-18,23H,16,19-20H2/b11-10+. The molecule has 4 nitrogen and oxygen atoms in total. The third-order valence-electron chi connectivity index (χ3n) is 4.57. The summed E-state index contributed by atoms with van der Waals surface area (Å²) in [5, 5.41) is 0. The lowest BCUT2D eigenvalue weighted by Gasteiger charge is -2.17. The van der Waals surface area contributed by atoms with Gasteiger partial charge in [0.2, 0.25) is 0 Å². The van der Waals surface area contributed by atoms with E-state index in [4.69, 9.17) is 4.74 Å². The molecule has 0 spiro atoms. The zero-order valence-electron chi connectivity index (χ0n) is 16.6. The SMILES string of the molecule is O=C(OC(C/C=C/CS(=O)(=O)c1ccccc1)Cc1ccccc1)c1ccccc1. The van der Waals surface area contributed by atoms with Gasteiger partial charge in [0.15, 0.2) is 9.84 Å². The molecule has 3 aromatic carbocycles. The van der Waals surface area contributed by atoms with Crippen LogP contribution in [0.4, 0.5) is 0 Å². The van der Waals surface area contributed by atoms with Gasteiger partial charge in [0.25, 0.3) is 0 Å². The molecule has 0 radical (unpaired) electrons. The van der Waals surface area contributed by atoms with E-state index in [1.54, 1.807) is 66.7 Å². The minimum atomic E-state index is -3.38. The van der Waals surface area contributed by atoms with E-state index < -0.39 is 15.9 Å². The molecule has 0 saturated heterocycles. The summed E-state index contributed by atoms with van der Waals surface area (Å²) in [4.78, 5) is 12.8. The van der Waals surface area contributed by atoms with E-state index in [2.05, 4.69) is 0 Å². The average Bonchev–Trinajstić information content (AvgIpc) is 2.78. The Labute approximate surface area is 177 Å². The summed E-state index contributed by atoms with van der Waals surface area (Å²) >= 11 is 0. The normalized spacial score (nSPS) is 12.5. The maximum Gasteiger partial charge on any atom is 0.338 e. The fourth-order valence-corrected chi connectivity index (χ4v) is 4.16. The van der Waals surface area contributed by atoms with Crippen LogP contribution in [0, 0.1) is 0 Å². The number of esters is 1. The molecule has 0 aliphatic heterocycles. The summed E-state index contributed by atoms with van der Waals surface area (Å²) < 4.78 is 30.5. The Hall–Kier alpha value is -3.18.